The van der Waals surface area contributed by atoms with Crippen LogP contribution in [-0.4, -0.2) is 31.5 Å². The zero-order valence-electron chi connectivity index (χ0n) is 9.17. The lowest BCUT2D eigenvalue weighted by Crippen LogP contribution is -2.01. The van der Waals surface area contributed by atoms with Crippen molar-refractivity contribution in [1.29, 1.82) is 0 Å². The molecule has 0 spiro atoms. The Kier molecular flexibility index (Phi) is 2.38. The maximum atomic E-state index is 8.84. The third kappa shape index (κ3) is 1.81. The van der Waals surface area contributed by atoms with Crippen molar-refractivity contribution in [2.24, 2.45) is 0 Å². The summed E-state index contributed by atoms with van der Waals surface area (Å²) in [5.74, 6) is 0. The van der Waals surface area contributed by atoms with Crippen molar-refractivity contribution >= 4 is 11.0 Å². The van der Waals surface area contributed by atoms with Gasteiger partial charge in [0, 0.05) is 11.8 Å². The summed E-state index contributed by atoms with van der Waals surface area (Å²) in [7, 11) is 0. The number of nitrogens with one attached hydrogen (secondary N) is 1. The first-order valence-electron chi connectivity index (χ1n) is 5.43. The lowest BCUT2D eigenvalue weighted by atomic mass is 10.1. The first kappa shape index (κ1) is 10.0. The SMILES string of the molecule is OCCn1cc(-c2ccc3nc[nH]c3c2)cn1. The van der Waals surface area contributed by atoms with E-state index in [0.717, 1.165) is 22.2 Å². The molecular formula is C12H12N4O. The molecule has 0 amide bonds. The first-order chi connectivity index (χ1) is 8.36. The molecule has 0 unspecified atom stereocenters. The Morgan fingerprint density at radius 3 is 3.12 bits per heavy atom. The van der Waals surface area contributed by atoms with Crippen molar-refractivity contribution in [3.8, 4) is 11.1 Å². The number of aromatic amines is 1. The topological polar surface area (TPSA) is 66.7 Å². The third-order valence-electron chi connectivity index (χ3n) is 2.72. The van der Waals surface area contributed by atoms with E-state index in [1.807, 2.05) is 24.4 Å². The van der Waals surface area contributed by atoms with Gasteiger partial charge in [-0.1, -0.05) is 6.07 Å². The van der Waals surface area contributed by atoms with Gasteiger partial charge in [0.25, 0.3) is 0 Å². The van der Waals surface area contributed by atoms with Crippen LogP contribution in [0.4, 0.5) is 0 Å². The van der Waals surface area contributed by atoms with Crippen LogP contribution in [0.2, 0.25) is 0 Å². The molecule has 0 radical (unpaired) electrons. The molecule has 1 aromatic carbocycles. The number of H-pyrrole nitrogens is 1. The fourth-order valence-electron chi connectivity index (χ4n) is 1.85. The van der Waals surface area contributed by atoms with Crippen LogP contribution in [-0.2, 0) is 6.54 Å². The van der Waals surface area contributed by atoms with E-state index < -0.39 is 0 Å². The molecule has 0 saturated carbocycles. The molecule has 0 fully saturated rings. The van der Waals surface area contributed by atoms with Crippen LogP contribution < -0.4 is 0 Å². The van der Waals surface area contributed by atoms with Gasteiger partial charge in [-0.2, -0.15) is 5.10 Å². The Morgan fingerprint density at radius 2 is 2.24 bits per heavy atom. The van der Waals surface area contributed by atoms with Gasteiger partial charge in [-0.25, -0.2) is 4.98 Å². The second kappa shape index (κ2) is 4.03. The van der Waals surface area contributed by atoms with E-state index in [-0.39, 0.29) is 6.61 Å². The average molecular weight is 228 g/mol. The Bertz CT molecular complexity index is 641. The monoisotopic (exact) mass is 228 g/mol. The zero-order chi connectivity index (χ0) is 11.7. The van der Waals surface area contributed by atoms with E-state index in [0.29, 0.717) is 6.54 Å². The maximum Gasteiger partial charge on any atom is 0.0931 e. The minimum absolute atomic E-state index is 0.0979. The molecule has 2 heterocycles. The summed E-state index contributed by atoms with van der Waals surface area (Å²) in [6.07, 6.45) is 5.41. The van der Waals surface area contributed by atoms with Crippen molar-refractivity contribution in [2.45, 2.75) is 6.54 Å². The molecule has 0 aliphatic heterocycles. The summed E-state index contributed by atoms with van der Waals surface area (Å²) in [6.45, 7) is 0.618. The minimum atomic E-state index is 0.0979. The van der Waals surface area contributed by atoms with Crippen LogP contribution in [0.3, 0.4) is 0 Å². The summed E-state index contributed by atoms with van der Waals surface area (Å²) >= 11 is 0. The highest BCUT2D eigenvalue weighted by Gasteiger charge is 2.03. The number of hydrogen-bond acceptors (Lipinski definition) is 3. The van der Waals surface area contributed by atoms with E-state index >= 15 is 0 Å². The molecular weight excluding hydrogens is 216 g/mol. The molecule has 5 heteroatoms. The number of rotatable bonds is 3. The van der Waals surface area contributed by atoms with E-state index in [9.17, 15) is 0 Å². The lowest BCUT2D eigenvalue weighted by molar-refractivity contribution is 0.269. The first-order valence-corrected chi connectivity index (χ1v) is 5.43. The van der Waals surface area contributed by atoms with Gasteiger partial charge in [0.15, 0.2) is 0 Å². The number of aliphatic hydroxyl groups excluding tert-OH is 1. The van der Waals surface area contributed by atoms with Gasteiger partial charge in [0.05, 0.1) is 36.7 Å². The Balaban J connectivity index is 2.00. The number of nitrogens with zero attached hydrogens (tertiary/aromatic N) is 3. The van der Waals surface area contributed by atoms with Crippen molar-refractivity contribution < 1.29 is 5.11 Å². The standard InChI is InChI=1S/C12H12N4O/c17-4-3-16-7-10(6-15-16)9-1-2-11-12(5-9)14-8-13-11/h1-2,5-8,17H,3-4H2,(H,13,14). The van der Waals surface area contributed by atoms with Crippen LogP contribution >= 0.6 is 0 Å². The zero-order valence-corrected chi connectivity index (χ0v) is 9.17. The molecule has 2 N–H and O–H groups in total. The fourth-order valence-corrected chi connectivity index (χ4v) is 1.85. The van der Waals surface area contributed by atoms with Gasteiger partial charge < -0.3 is 10.1 Å². The van der Waals surface area contributed by atoms with Gasteiger partial charge in [0.1, 0.15) is 0 Å². The maximum absolute atomic E-state index is 8.84. The summed E-state index contributed by atoms with van der Waals surface area (Å²) in [5.41, 5.74) is 4.09. The molecule has 3 rings (SSSR count). The molecule has 0 aliphatic carbocycles. The van der Waals surface area contributed by atoms with Gasteiger partial charge >= 0.3 is 0 Å². The summed E-state index contributed by atoms with van der Waals surface area (Å²) in [4.78, 5) is 7.26. The number of imidazole rings is 1. The second-order valence-electron chi connectivity index (χ2n) is 3.85. The smallest absolute Gasteiger partial charge is 0.0931 e. The van der Waals surface area contributed by atoms with Crippen LogP contribution in [0, 0.1) is 0 Å². The highest BCUT2D eigenvalue weighted by molar-refractivity contribution is 5.81. The Morgan fingerprint density at radius 1 is 1.29 bits per heavy atom. The van der Waals surface area contributed by atoms with Crippen molar-refractivity contribution in [3.05, 3.63) is 36.9 Å². The van der Waals surface area contributed by atoms with Gasteiger partial charge in [-0.15, -0.1) is 0 Å². The Hall–Kier alpha value is -2.14. The molecule has 0 atom stereocenters. The van der Waals surface area contributed by atoms with E-state index in [2.05, 4.69) is 15.1 Å². The van der Waals surface area contributed by atoms with E-state index in [1.165, 1.54) is 0 Å². The molecule has 0 aliphatic rings. The van der Waals surface area contributed by atoms with Crippen LogP contribution in [0.1, 0.15) is 0 Å². The Labute approximate surface area is 97.7 Å². The van der Waals surface area contributed by atoms with Crippen molar-refractivity contribution in [1.82, 2.24) is 19.7 Å². The molecule has 0 saturated heterocycles. The molecule has 2 aromatic heterocycles. The molecule has 3 aromatic rings. The molecule has 86 valence electrons. The van der Waals surface area contributed by atoms with Crippen LogP contribution in [0.15, 0.2) is 36.9 Å². The highest BCUT2D eigenvalue weighted by Crippen LogP contribution is 2.22. The lowest BCUT2D eigenvalue weighted by Gasteiger charge is -1.97. The van der Waals surface area contributed by atoms with E-state index in [4.69, 9.17) is 5.11 Å². The molecule has 0 bridgehead atoms. The number of benzene rings is 1. The highest BCUT2D eigenvalue weighted by atomic mass is 16.3. The number of hydrogen-bond donors (Lipinski definition) is 2. The summed E-state index contributed by atoms with van der Waals surface area (Å²) in [6, 6.07) is 6.04. The number of fused-ring (bicyclic) bond motifs is 1. The van der Waals surface area contributed by atoms with Gasteiger partial charge in [-0.05, 0) is 17.7 Å². The molecule has 17 heavy (non-hydrogen) atoms. The fraction of sp³-hybridized carbons (Fsp3) is 0.167. The predicted molar refractivity (Wildman–Crippen MR) is 64.4 cm³/mol. The summed E-state index contributed by atoms with van der Waals surface area (Å²) in [5, 5.41) is 13.0. The average Bonchev–Trinajstić information content (AvgIpc) is 2.96. The van der Waals surface area contributed by atoms with Crippen LogP contribution in [0.25, 0.3) is 22.2 Å². The van der Waals surface area contributed by atoms with E-state index in [1.54, 1.807) is 17.2 Å². The normalized spacial score (nSPS) is 11.1. The second-order valence-corrected chi connectivity index (χ2v) is 3.85. The number of aromatic nitrogens is 4. The summed E-state index contributed by atoms with van der Waals surface area (Å²) < 4.78 is 1.73. The predicted octanol–water partition coefficient (Wildman–Crippen LogP) is 1.42. The molecule has 5 nitrogen and oxygen atoms in total. The third-order valence-corrected chi connectivity index (χ3v) is 2.72. The van der Waals surface area contributed by atoms with Gasteiger partial charge in [0.2, 0.25) is 0 Å². The van der Waals surface area contributed by atoms with Gasteiger partial charge in [-0.3, -0.25) is 4.68 Å². The quantitative estimate of drug-likeness (QED) is 0.712. The number of aliphatic hydroxyl groups is 1. The minimum Gasteiger partial charge on any atom is -0.394 e. The van der Waals surface area contributed by atoms with Crippen LogP contribution in [0.5, 0.6) is 0 Å². The largest absolute Gasteiger partial charge is 0.394 e. The van der Waals surface area contributed by atoms with Crippen molar-refractivity contribution in [3.63, 3.8) is 0 Å². The van der Waals surface area contributed by atoms with Crippen molar-refractivity contribution in [2.75, 3.05) is 6.61 Å².